The zero-order chi connectivity index (χ0) is 20.2. The van der Waals surface area contributed by atoms with Gasteiger partial charge in [0.15, 0.2) is 9.74 Å². The summed E-state index contributed by atoms with van der Waals surface area (Å²) in [6.45, 7) is 2.21. The first-order valence-electron chi connectivity index (χ1n) is 9.51. The highest BCUT2D eigenvalue weighted by atomic mass is 32.1. The van der Waals surface area contributed by atoms with Gasteiger partial charge in [-0.25, -0.2) is 9.07 Å². The molecule has 0 atom stereocenters. The first-order chi connectivity index (χ1) is 14.1. The summed E-state index contributed by atoms with van der Waals surface area (Å²) in [6.07, 6.45) is 1.65. The normalized spacial score (nSPS) is 15.3. The molecule has 0 aliphatic carbocycles. The summed E-state index contributed by atoms with van der Waals surface area (Å²) in [5.41, 5.74) is 1.17. The van der Waals surface area contributed by atoms with E-state index in [9.17, 15) is 9.18 Å². The van der Waals surface area contributed by atoms with E-state index in [-0.39, 0.29) is 17.5 Å². The Bertz CT molecular complexity index is 1040. The zero-order valence-corrected chi connectivity index (χ0v) is 17.4. The van der Waals surface area contributed by atoms with Crippen molar-refractivity contribution in [3.8, 4) is 0 Å². The van der Waals surface area contributed by atoms with Crippen LogP contribution in [0.15, 0.2) is 54.6 Å². The van der Waals surface area contributed by atoms with Crippen LogP contribution in [0.5, 0.6) is 0 Å². The average Bonchev–Trinajstić information content (AvgIpc) is 3.09. The SMILES string of the molecule is O=C(c1ccccc1)C1CCN(Cn2nc(Nc3ccccc3F)sc2=S)CC1. The second kappa shape index (κ2) is 8.94. The van der Waals surface area contributed by atoms with Crippen molar-refractivity contribution in [2.24, 2.45) is 5.92 Å². The van der Waals surface area contributed by atoms with Crippen LogP contribution in [0.1, 0.15) is 23.2 Å². The van der Waals surface area contributed by atoms with Crippen LogP contribution in [0.25, 0.3) is 0 Å². The Kier molecular flexibility index (Phi) is 6.13. The number of aromatic nitrogens is 2. The molecule has 0 amide bonds. The number of ketones is 1. The highest BCUT2D eigenvalue weighted by Gasteiger charge is 2.26. The fourth-order valence-corrected chi connectivity index (χ4v) is 4.49. The van der Waals surface area contributed by atoms with Gasteiger partial charge in [0.2, 0.25) is 5.13 Å². The van der Waals surface area contributed by atoms with E-state index in [1.807, 2.05) is 30.3 Å². The van der Waals surface area contributed by atoms with Gasteiger partial charge in [-0.2, -0.15) is 0 Å². The van der Waals surface area contributed by atoms with Gasteiger partial charge in [0.05, 0.1) is 12.4 Å². The molecule has 5 nitrogen and oxygen atoms in total. The van der Waals surface area contributed by atoms with E-state index in [0.29, 0.717) is 21.4 Å². The lowest BCUT2D eigenvalue weighted by Crippen LogP contribution is -2.37. The van der Waals surface area contributed by atoms with Crippen LogP contribution < -0.4 is 5.32 Å². The third-order valence-electron chi connectivity index (χ3n) is 5.07. The number of hydrogen-bond acceptors (Lipinski definition) is 6. The molecule has 1 aliphatic heterocycles. The Morgan fingerprint density at radius 1 is 1.14 bits per heavy atom. The zero-order valence-electron chi connectivity index (χ0n) is 15.8. The maximum absolute atomic E-state index is 13.8. The number of likely N-dealkylation sites (tertiary alicyclic amines) is 1. The number of rotatable bonds is 6. The van der Waals surface area contributed by atoms with Crippen molar-refractivity contribution in [1.82, 2.24) is 14.7 Å². The maximum Gasteiger partial charge on any atom is 0.209 e. The maximum atomic E-state index is 13.8. The summed E-state index contributed by atoms with van der Waals surface area (Å²) in [4.78, 5) is 14.9. The Morgan fingerprint density at radius 3 is 2.55 bits per heavy atom. The van der Waals surface area contributed by atoms with Crippen molar-refractivity contribution in [3.63, 3.8) is 0 Å². The second-order valence-electron chi connectivity index (χ2n) is 7.04. The van der Waals surface area contributed by atoms with E-state index in [2.05, 4.69) is 15.3 Å². The van der Waals surface area contributed by atoms with Gasteiger partial charge in [0.25, 0.3) is 0 Å². The predicted molar refractivity (Wildman–Crippen MR) is 116 cm³/mol. The topological polar surface area (TPSA) is 50.2 Å². The molecule has 0 spiro atoms. The van der Waals surface area contributed by atoms with Crippen molar-refractivity contribution in [2.45, 2.75) is 19.5 Å². The van der Waals surface area contributed by atoms with Gasteiger partial charge in [-0.3, -0.25) is 9.69 Å². The fraction of sp³-hybridized carbons (Fsp3) is 0.286. The number of piperidine rings is 1. The van der Waals surface area contributed by atoms with E-state index < -0.39 is 0 Å². The molecule has 8 heteroatoms. The van der Waals surface area contributed by atoms with E-state index in [1.165, 1.54) is 17.4 Å². The number of Topliss-reactive ketones (excluding diaryl/α,β-unsaturated/α-hetero) is 1. The minimum absolute atomic E-state index is 0.0651. The van der Waals surface area contributed by atoms with Crippen LogP contribution in [0.3, 0.4) is 0 Å². The van der Waals surface area contributed by atoms with Gasteiger partial charge in [-0.15, -0.1) is 5.10 Å². The number of carbonyl (C=O) groups excluding carboxylic acids is 1. The molecule has 0 saturated carbocycles. The lowest BCUT2D eigenvalue weighted by Gasteiger charge is -2.30. The van der Waals surface area contributed by atoms with Gasteiger partial charge in [-0.05, 0) is 37.2 Å². The Labute approximate surface area is 177 Å². The molecular weight excluding hydrogens is 407 g/mol. The molecule has 150 valence electrons. The summed E-state index contributed by atoms with van der Waals surface area (Å²) in [7, 11) is 0. The molecule has 0 radical (unpaired) electrons. The lowest BCUT2D eigenvalue weighted by atomic mass is 9.89. The van der Waals surface area contributed by atoms with E-state index in [1.54, 1.807) is 22.9 Å². The summed E-state index contributed by atoms with van der Waals surface area (Å²) in [5.74, 6) is -0.0347. The van der Waals surface area contributed by atoms with Crippen LogP contribution >= 0.6 is 23.6 Å². The molecule has 29 heavy (non-hydrogen) atoms. The number of halogens is 1. The lowest BCUT2D eigenvalue weighted by molar-refractivity contribution is 0.0804. The van der Waals surface area contributed by atoms with Crippen molar-refractivity contribution >= 4 is 40.2 Å². The third-order valence-corrected chi connectivity index (χ3v) is 6.30. The molecule has 1 fully saturated rings. The molecule has 0 unspecified atom stereocenters. The van der Waals surface area contributed by atoms with E-state index in [0.717, 1.165) is 31.5 Å². The minimum Gasteiger partial charge on any atom is -0.328 e. The molecule has 1 N–H and O–H groups in total. The van der Waals surface area contributed by atoms with Crippen LogP contribution in [-0.4, -0.2) is 33.6 Å². The number of carbonyl (C=O) groups is 1. The monoisotopic (exact) mass is 428 g/mol. The summed E-state index contributed by atoms with van der Waals surface area (Å²) < 4.78 is 16.2. The van der Waals surface area contributed by atoms with Crippen molar-refractivity contribution in [1.29, 1.82) is 0 Å². The van der Waals surface area contributed by atoms with E-state index in [4.69, 9.17) is 12.2 Å². The largest absolute Gasteiger partial charge is 0.328 e. The Hall–Kier alpha value is -2.42. The molecule has 0 bridgehead atoms. The third kappa shape index (κ3) is 4.77. The number of nitrogens with one attached hydrogen (secondary N) is 1. The first-order valence-corrected chi connectivity index (χ1v) is 10.7. The fourth-order valence-electron chi connectivity index (χ4n) is 3.49. The molecule has 1 aromatic heterocycles. The van der Waals surface area contributed by atoms with Gasteiger partial charge in [0.1, 0.15) is 5.82 Å². The molecular formula is C21H21FN4OS2. The number of para-hydroxylation sites is 1. The quantitative estimate of drug-likeness (QED) is 0.437. The highest BCUT2D eigenvalue weighted by molar-refractivity contribution is 7.73. The van der Waals surface area contributed by atoms with Gasteiger partial charge < -0.3 is 5.32 Å². The highest BCUT2D eigenvalue weighted by Crippen LogP contribution is 2.25. The average molecular weight is 429 g/mol. The standard InChI is InChI=1S/C21H21FN4OS2/c22-17-8-4-5-9-18(17)23-20-24-26(21(28)29-20)14-25-12-10-16(11-13-25)19(27)15-6-2-1-3-7-15/h1-9,16H,10-14H2,(H,23,24). The van der Waals surface area contributed by atoms with Crippen molar-refractivity contribution in [3.05, 3.63) is 69.9 Å². The van der Waals surface area contributed by atoms with Crippen molar-refractivity contribution in [2.75, 3.05) is 18.4 Å². The second-order valence-corrected chi connectivity index (χ2v) is 8.66. The van der Waals surface area contributed by atoms with Crippen LogP contribution in [0, 0.1) is 15.7 Å². The minimum atomic E-state index is -0.328. The Morgan fingerprint density at radius 2 is 1.83 bits per heavy atom. The van der Waals surface area contributed by atoms with Gasteiger partial charge in [0, 0.05) is 24.6 Å². The number of anilines is 2. The molecule has 2 heterocycles. The van der Waals surface area contributed by atoms with Gasteiger partial charge >= 0.3 is 0 Å². The number of hydrogen-bond donors (Lipinski definition) is 1. The van der Waals surface area contributed by atoms with Crippen LogP contribution in [-0.2, 0) is 6.67 Å². The van der Waals surface area contributed by atoms with Crippen LogP contribution in [0.4, 0.5) is 15.2 Å². The van der Waals surface area contributed by atoms with Gasteiger partial charge in [-0.1, -0.05) is 53.8 Å². The number of nitrogens with zero attached hydrogens (tertiary/aromatic N) is 3. The number of benzene rings is 2. The Balaban J connectivity index is 1.35. The van der Waals surface area contributed by atoms with Crippen LogP contribution in [0.2, 0.25) is 0 Å². The summed E-state index contributed by atoms with van der Waals surface area (Å²) in [6, 6.07) is 16.0. The summed E-state index contributed by atoms with van der Waals surface area (Å²) >= 11 is 6.74. The smallest absolute Gasteiger partial charge is 0.209 e. The molecule has 4 rings (SSSR count). The van der Waals surface area contributed by atoms with Crippen molar-refractivity contribution < 1.29 is 9.18 Å². The molecule has 1 aliphatic rings. The molecule has 2 aromatic carbocycles. The first kappa shape index (κ1) is 19.9. The predicted octanol–water partition coefficient (Wildman–Crippen LogP) is 5.11. The van der Waals surface area contributed by atoms with E-state index >= 15 is 0 Å². The summed E-state index contributed by atoms with van der Waals surface area (Å²) in [5, 5.41) is 8.04. The molecule has 3 aromatic rings. The molecule has 1 saturated heterocycles.